The van der Waals surface area contributed by atoms with Gasteiger partial charge in [-0.2, -0.15) is 0 Å². The highest BCUT2D eigenvalue weighted by Gasteiger charge is 2.58. The van der Waals surface area contributed by atoms with Gasteiger partial charge in [0.25, 0.3) is 0 Å². The summed E-state index contributed by atoms with van der Waals surface area (Å²) in [5.41, 5.74) is -1.09. The van der Waals surface area contributed by atoms with Gasteiger partial charge < -0.3 is 19.3 Å². The third kappa shape index (κ3) is 2.36. The summed E-state index contributed by atoms with van der Waals surface area (Å²) in [6.45, 7) is 10.9. The first-order chi connectivity index (χ1) is 7.74. The van der Waals surface area contributed by atoms with Crippen molar-refractivity contribution in [2.24, 2.45) is 5.92 Å². The molecule has 2 aliphatic rings. The minimum Gasteiger partial charge on any atom is -0.384 e. The molecular weight excluding hydrogens is 220 g/mol. The van der Waals surface area contributed by atoms with Gasteiger partial charge in [0.15, 0.2) is 0 Å². The van der Waals surface area contributed by atoms with E-state index in [9.17, 15) is 5.11 Å². The molecule has 0 aromatic rings. The molecule has 0 amide bonds. The lowest BCUT2D eigenvalue weighted by Gasteiger charge is -2.30. The Bertz CT molecular complexity index is 284. The highest BCUT2D eigenvalue weighted by Crippen LogP contribution is 2.40. The Kier molecular flexibility index (Phi) is 3.28. The SMILES string of the molecule is CC(C)C1(O)CO[C@@H]2[C@H](OC(C)(C)C)CO[C@@H]21. The van der Waals surface area contributed by atoms with Crippen LogP contribution >= 0.6 is 0 Å². The lowest BCUT2D eigenvalue weighted by Crippen LogP contribution is -2.48. The van der Waals surface area contributed by atoms with E-state index in [0.29, 0.717) is 13.2 Å². The van der Waals surface area contributed by atoms with Gasteiger partial charge in [-0.25, -0.2) is 0 Å². The van der Waals surface area contributed by atoms with Crippen LogP contribution in [-0.4, -0.2) is 47.8 Å². The molecule has 2 rings (SSSR count). The van der Waals surface area contributed by atoms with Crippen LogP contribution in [0.3, 0.4) is 0 Å². The summed E-state index contributed by atoms with van der Waals surface area (Å²) in [5, 5.41) is 10.5. The van der Waals surface area contributed by atoms with E-state index in [1.807, 2.05) is 34.6 Å². The summed E-state index contributed by atoms with van der Waals surface area (Å²) in [5.74, 6) is 0.117. The van der Waals surface area contributed by atoms with Crippen molar-refractivity contribution in [3.05, 3.63) is 0 Å². The monoisotopic (exact) mass is 244 g/mol. The minimum absolute atomic E-state index is 0.0761. The Morgan fingerprint density at radius 1 is 1.29 bits per heavy atom. The van der Waals surface area contributed by atoms with Gasteiger partial charge in [0, 0.05) is 0 Å². The predicted molar refractivity (Wildman–Crippen MR) is 63.9 cm³/mol. The maximum Gasteiger partial charge on any atom is 0.119 e. The molecule has 0 aromatic heterocycles. The van der Waals surface area contributed by atoms with Crippen molar-refractivity contribution in [2.45, 2.75) is 64.1 Å². The fourth-order valence-electron chi connectivity index (χ4n) is 2.57. The van der Waals surface area contributed by atoms with Crippen LogP contribution in [0.4, 0.5) is 0 Å². The molecule has 1 N–H and O–H groups in total. The highest BCUT2D eigenvalue weighted by atomic mass is 16.6. The first-order valence-electron chi connectivity index (χ1n) is 6.37. The number of ether oxygens (including phenoxy) is 3. The molecule has 0 aliphatic carbocycles. The minimum atomic E-state index is -0.874. The zero-order valence-corrected chi connectivity index (χ0v) is 11.4. The largest absolute Gasteiger partial charge is 0.384 e. The number of rotatable bonds is 2. The average molecular weight is 244 g/mol. The summed E-state index contributed by atoms with van der Waals surface area (Å²) < 4.78 is 17.3. The maximum atomic E-state index is 10.5. The Morgan fingerprint density at radius 2 is 1.94 bits per heavy atom. The van der Waals surface area contributed by atoms with Crippen LogP contribution in [0.5, 0.6) is 0 Å². The number of hydrogen-bond acceptors (Lipinski definition) is 4. The molecule has 0 aromatic carbocycles. The molecule has 4 atom stereocenters. The Balaban J connectivity index is 2.07. The molecule has 100 valence electrons. The lowest BCUT2D eigenvalue weighted by atomic mass is 9.85. The normalized spacial score (nSPS) is 42.2. The Labute approximate surface area is 103 Å². The second kappa shape index (κ2) is 4.19. The van der Waals surface area contributed by atoms with Gasteiger partial charge in [0.05, 0.1) is 18.8 Å². The van der Waals surface area contributed by atoms with E-state index >= 15 is 0 Å². The van der Waals surface area contributed by atoms with E-state index in [1.54, 1.807) is 0 Å². The van der Waals surface area contributed by atoms with Crippen LogP contribution < -0.4 is 0 Å². The van der Waals surface area contributed by atoms with Crippen LogP contribution in [0.1, 0.15) is 34.6 Å². The Hall–Kier alpha value is -0.160. The summed E-state index contributed by atoms with van der Waals surface area (Å²) in [7, 11) is 0. The standard InChI is InChI=1S/C13H24O4/c1-8(2)13(14)7-16-10-9(6-15-11(10)13)17-12(3,4)5/h8-11,14H,6-7H2,1-5H3/t9-,10-,11+,13?/m1/s1. The quantitative estimate of drug-likeness (QED) is 0.796. The molecule has 1 unspecified atom stereocenters. The number of fused-ring (bicyclic) bond motifs is 1. The second-order valence-corrected chi connectivity index (χ2v) is 6.44. The molecule has 2 heterocycles. The molecule has 0 bridgehead atoms. The van der Waals surface area contributed by atoms with E-state index in [2.05, 4.69) is 0 Å². The lowest BCUT2D eigenvalue weighted by molar-refractivity contribution is -0.117. The number of hydrogen-bond donors (Lipinski definition) is 1. The van der Waals surface area contributed by atoms with Gasteiger partial charge >= 0.3 is 0 Å². The molecule has 2 aliphatic heterocycles. The van der Waals surface area contributed by atoms with Crippen LogP contribution in [0.15, 0.2) is 0 Å². The Morgan fingerprint density at radius 3 is 2.47 bits per heavy atom. The zero-order valence-electron chi connectivity index (χ0n) is 11.4. The summed E-state index contributed by atoms with van der Waals surface area (Å²) in [6, 6.07) is 0. The highest BCUT2D eigenvalue weighted by molar-refractivity contribution is 5.06. The second-order valence-electron chi connectivity index (χ2n) is 6.44. The molecule has 0 radical (unpaired) electrons. The van der Waals surface area contributed by atoms with Crippen LogP contribution in [-0.2, 0) is 14.2 Å². The molecule has 17 heavy (non-hydrogen) atoms. The third-order valence-electron chi connectivity index (χ3n) is 3.61. The van der Waals surface area contributed by atoms with Gasteiger partial charge in [-0.15, -0.1) is 0 Å². The zero-order chi connectivity index (χ0) is 12.8. The topological polar surface area (TPSA) is 47.9 Å². The van der Waals surface area contributed by atoms with Crippen molar-refractivity contribution in [3.8, 4) is 0 Å². The molecule has 2 saturated heterocycles. The number of aliphatic hydroxyl groups is 1. The smallest absolute Gasteiger partial charge is 0.119 e. The van der Waals surface area contributed by atoms with Gasteiger partial charge in [0.1, 0.15) is 23.9 Å². The first-order valence-corrected chi connectivity index (χ1v) is 6.37. The van der Waals surface area contributed by atoms with Gasteiger partial charge in [0.2, 0.25) is 0 Å². The summed E-state index contributed by atoms with van der Waals surface area (Å²) >= 11 is 0. The predicted octanol–water partition coefficient (Wildman–Crippen LogP) is 1.35. The van der Waals surface area contributed by atoms with Gasteiger partial charge in [-0.3, -0.25) is 0 Å². The van der Waals surface area contributed by atoms with Crippen molar-refractivity contribution in [1.29, 1.82) is 0 Å². The van der Waals surface area contributed by atoms with Crippen LogP contribution in [0, 0.1) is 5.92 Å². The molecule has 0 saturated carbocycles. The molecular formula is C13H24O4. The summed E-state index contributed by atoms with van der Waals surface area (Å²) in [6.07, 6.45) is -0.468. The van der Waals surface area contributed by atoms with Crippen molar-refractivity contribution < 1.29 is 19.3 Å². The van der Waals surface area contributed by atoms with E-state index in [1.165, 1.54) is 0 Å². The van der Waals surface area contributed by atoms with Crippen molar-refractivity contribution in [2.75, 3.05) is 13.2 Å². The van der Waals surface area contributed by atoms with Crippen LogP contribution in [0.25, 0.3) is 0 Å². The molecule has 2 fully saturated rings. The van der Waals surface area contributed by atoms with Crippen molar-refractivity contribution in [3.63, 3.8) is 0 Å². The molecule has 4 nitrogen and oxygen atoms in total. The fourth-order valence-corrected chi connectivity index (χ4v) is 2.57. The van der Waals surface area contributed by atoms with Gasteiger partial charge in [-0.05, 0) is 26.7 Å². The van der Waals surface area contributed by atoms with Gasteiger partial charge in [-0.1, -0.05) is 13.8 Å². The third-order valence-corrected chi connectivity index (χ3v) is 3.61. The van der Waals surface area contributed by atoms with Crippen LogP contribution in [0.2, 0.25) is 0 Å². The van der Waals surface area contributed by atoms with E-state index in [0.717, 1.165) is 0 Å². The van der Waals surface area contributed by atoms with E-state index in [-0.39, 0.29) is 29.8 Å². The van der Waals surface area contributed by atoms with Crippen molar-refractivity contribution >= 4 is 0 Å². The fraction of sp³-hybridized carbons (Fsp3) is 1.00. The van der Waals surface area contributed by atoms with Crippen molar-refractivity contribution in [1.82, 2.24) is 0 Å². The average Bonchev–Trinajstić information content (AvgIpc) is 2.68. The summed E-state index contributed by atoms with van der Waals surface area (Å²) in [4.78, 5) is 0. The molecule has 0 spiro atoms. The molecule has 4 heteroatoms. The maximum absolute atomic E-state index is 10.5. The van der Waals surface area contributed by atoms with E-state index < -0.39 is 5.60 Å². The van der Waals surface area contributed by atoms with E-state index in [4.69, 9.17) is 14.2 Å². The first kappa shape index (κ1) is 13.3.